The van der Waals surface area contributed by atoms with Gasteiger partial charge in [0.25, 0.3) is 5.91 Å². The van der Waals surface area contributed by atoms with Crippen molar-refractivity contribution in [3.63, 3.8) is 0 Å². The summed E-state index contributed by atoms with van der Waals surface area (Å²) in [5.74, 6) is -1.11. The minimum Gasteiger partial charge on any atom is -0.464 e. The Morgan fingerprint density at radius 2 is 1.83 bits per heavy atom. The number of ether oxygens (including phenoxy) is 2. The van der Waals surface area contributed by atoms with Gasteiger partial charge in [-0.05, 0) is 18.2 Å². The van der Waals surface area contributed by atoms with Gasteiger partial charge in [-0.3, -0.25) is 14.4 Å². The van der Waals surface area contributed by atoms with Crippen LogP contribution in [0.4, 0.5) is 0 Å². The molecule has 1 heterocycles. The minimum atomic E-state index is -0.645. The van der Waals surface area contributed by atoms with Crippen LogP contribution in [-0.2, 0) is 19.1 Å². The van der Waals surface area contributed by atoms with E-state index >= 15 is 0 Å². The van der Waals surface area contributed by atoms with Crippen molar-refractivity contribution in [2.24, 2.45) is 0 Å². The maximum atomic E-state index is 12.7. The lowest BCUT2D eigenvalue weighted by Crippen LogP contribution is -2.52. The summed E-state index contributed by atoms with van der Waals surface area (Å²) in [5, 5.41) is 0. The fourth-order valence-corrected chi connectivity index (χ4v) is 2.43. The smallest absolute Gasteiger partial charge is 0.303 e. The predicted molar refractivity (Wildman–Crippen MR) is 82.6 cm³/mol. The van der Waals surface area contributed by atoms with Crippen molar-refractivity contribution in [3.05, 3.63) is 48.0 Å². The number of amides is 1. The average molecular weight is 317 g/mol. The van der Waals surface area contributed by atoms with Gasteiger partial charge in [-0.2, -0.15) is 0 Å². The SMILES string of the molecule is CC(=O)OC[C@@H]1[C@@H](OC(C)=O)C=CCN1C(=O)c1ccccc1. The number of rotatable bonds is 4. The summed E-state index contributed by atoms with van der Waals surface area (Å²) in [6.45, 7) is 2.92. The third kappa shape index (κ3) is 4.42. The number of nitrogens with zero attached hydrogens (tertiary/aromatic N) is 1. The molecule has 23 heavy (non-hydrogen) atoms. The molecular formula is C17H19NO5. The van der Waals surface area contributed by atoms with Crippen molar-refractivity contribution in [2.75, 3.05) is 13.2 Å². The molecule has 0 saturated carbocycles. The molecule has 0 fully saturated rings. The third-order valence-electron chi connectivity index (χ3n) is 3.45. The van der Waals surface area contributed by atoms with Crippen LogP contribution in [-0.4, -0.2) is 48.0 Å². The normalized spacial score (nSPS) is 20.0. The van der Waals surface area contributed by atoms with Gasteiger partial charge in [0.1, 0.15) is 18.8 Å². The zero-order valence-electron chi connectivity index (χ0n) is 13.1. The van der Waals surface area contributed by atoms with Crippen LogP contribution in [0.1, 0.15) is 24.2 Å². The summed E-state index contributed by atoms with van der Waals surface area (Å²) in [4.78, 5) is 36.6. The van der Waals surface area contributed by atoms with E-state index < -0.39 is 24.1 Å². The maximum Gasteiger partial charge on any atom is 0.303 e. The molecule has 0 N–H and O–H groups in total. The Labute approximate surface area is 134 Å². The fraction of sp³-hybridized carbons (Fsp3) is 0.353. The summed E-state index contributed by atoms with van der Waals surface area (Å²) in [7, 11) is 0. The standard InChI is InChI=1S/C17H19NO5/c1-12(19)22-11-15-16(23-13(2)20)9-6-10-18(15)17(21)14-7-4-3-5-8-14/h3-9,15-16H,10-11H2,1-2H3/t15-,16+/m1/s1. The topological polar surface area (TPSA) is 72.9 Å². The van der Waals surface area contributed by atoms with E-state index in [9.17, 15) is 14.4 Å². The van der Waals surface area contributed by atoms with E-state index in [1.165, 1.54) is 13.8 Å². The molecule has 1 aromatic carbocycles. The molecule has 1 aromatic rings. The van der Waals surface area contributed by atoms with Gasteiger partial charge in [-0.1, -0.05) is 24.3 Å². The fourth-order valence-electron chi connectivity index (χ4n) is 2.43. The average Bonchev–Trinajstić information content (AvgIpc) is 2.53. The first-order valence-electron chi connectivity index (χ1n) is 7.32. The van der Waals surface area contributed by atoms with Crippen LogP contribution in [0.5, 0.6) is 0 Å². The Balaban J connectivity index is 2.23. The second-order valence-electron chi connectivity index (χ2n) is 5.20. The number of hydrogen-bond donors (Lipinski definition) is 0. The highest BCUT2D eigenvalue weighted by molar-refractivity contribution is 5.94. The molecule has 122 valence electrons. The predicted octanol–water partition coefficient (Wildman–Crippen LogP) is 1.56. The Morgan fingerprint density at radius 1 is 1.13 bits per heavy atom. The molecule has 6 heteroatoms. The lowest BCUT2D eigenvalue weighted by Gasteiger charge is -2.37. The first-order chi connectivity index (χ1) is 11.0. The van der Waals surface area contributed by atoms with Crippen LogP contribution in [0.25, 0.3) is 0 Å². The zero-order chi connectivity index (χ0) is 16.8. The van der Waals surface area contributed by atoms with E-state index in [2.05, 4.69) is 0 Å². The Morgan fingerprint density at radius 3 is 2.43 bits per heavy atom. The zero-order valence-corrected chi connectivity index (χ0v) is 13.1. The van der Waals surface area contributed by atoms with Crippen LogP contribution < -0.4 is 0 Å². The Bertz CT molecular complexity index is 611. The number of hydrogen-bond acceptors (Lipinski definition) is 5. The van der Waals surface area contributed by atoms with Crippen LogP contribution in [0.3, 0.4) is 0 Å². The molecule has 0 saturated heterocycles. The van der Waals surface area contributed by atoms with Gasteiger partial charge >= 0.3 is 11.9 Å². The molecule has 2 rings (SSSR count). The number of esters is 2. The lowest BCUT2D eigenvalue weighted by molar-refractivity contribution is -0.150. The van der Waals surface area contributed by atoms with Crippen molar-refractivity contribution in [1.82, 2.24) is 4.90 Å². The van der Waals surface area contributed by atoms with E-state index in [1.807, 2.05) is 6.07 Å². The van der Waals surface area contributed by atoms with Gasteiger partial charge in [-0.25, -0.2) is 0 Å². The van der Waals surface area contributed by atoms with E-state index in [1.54, 1.807) is 41.3 Å². The molecule has 1 aliphatic rings. The Hall–Kier alpha value is -2.63. The molecule has 0 aliphatic carbocycles. The highest BCUT2D eigenvalue weighted by Gasteiger charge is 2.35. The van der Waals surface area contributed by atoms with Gasteiger partial charge in [0.05, 0.1) is 0 Å². The van der Waals surface area contributed by atoms with Crippen molar-refractivity contribution < 1.29 is 23.9 Å². The quantitative estimate of drug-likeness (QED) is 0.622. The van der Waals surface area contributed by atoms with Crippen LogP contribution in [0, 0.1) is 0 Å². The molecule has 0 radical (unpaired) electrons. The highest BCUT2D eigenvalue weighted by Crippen LogP contribution is 2.19. The molecule has 2 atom stereocenters. The van der Waals surface area contributed by atoms with Crippen molar-refractivity contribution in [1.29, 1.82) is 0 Å². The molecule has 1 aliphatic heterocycles. The molecule has 6 nitrogen and oxygen atoms in total. The van der Waals surface area contributed by atoms with Crippen molar-refractivity contribution in [3.8, 4) is 0 Å². The van der Waals surface area contributed by atoms with Crippen molar-refractivity contribution >= 4 is 17.8 Å². The lowest BCUT2D eigenvalue weighted by atomic mass is 10.0. The van der Waals surface area contributed by atoms with E-state index in [0.29, 0.717) is 12.1 Å². The Kier molecular flexibility index (Phi) is 5.51. The summed E-state index contributed by atoms with van der Waals surface area (Å²) in [6, 6.07) is 8.25. The van der Waals surface area contributed by atoms with Gasteiger partial charge in [-0.15, -0.1) is 0 Å². The number of benzene rings is 1. The van der Waals surface area contributed by atoms with E-state index in [0.717, 1.165) is 0 Å². The molecule has 0 bridgehead atoms. The molecule has 0 spiro atoms. The van der Waals surface area contributed by atoms with Crippen LogP contribution in [0.15, 0.2) is 42.5 Å². The highest BCUT2D eigenvalue weighted by atomic mass is 16.6. The molecule has 0 unspecified atom stereocenters. The molecule has 0 aromatic heterocycles. The van der Waals surface area contributed by atoms with E-state index in [4.69, 9.17) is 9.47 Å². The third-order valence-corrected chi connectivity index (χ3v) is 3.45. The van der Waals surface area contributed by atoms with Crippen LogP contribution >= 0.6 is 0 Å². The first kappa shape index (κ1) is 16.7. The summed E-state index contributed by atoms with van der Waals surface area (Å²) in [5.41, 5.74) is 0.525. The van der Waals surface area contributed by atoms with Gasteiger partial charge < -0.3 is 14.4 Å². The van der Waals surface area contributed by atoms with E-state index in [-0.39, 0.29) is 12.5 Å². The number of carbonyl (C=O) groups excluding carboxylic acids is 3. The summed E-state index contributed by atoms with van der Waals surface area (Å²) in [6.07, 6.45) is 2.83. The number of carbonyl (C=O) groups is 3. The first-order valence-corrected chi connectivity index (χ1v) is 7.32. The molecular weight excluding hydrogens is 298 g/mol. The van der Waals surface area contributed by atoms with Gasteiger partial charge in [0.15, 0.2) is 0 Å². The van der Waals surface area contributed by atoms with Gasteiger partial charge in [0, 0.05) is 26.0 Å². The maximum absolute atomic E-state index is 12.7. The second kappa shape index (κ2) is 7.58. The molecule has 1 amide bonds. The van der Waals surface area contributed by atoms with Crippen LogP contribution in [0.2, 0.25) is 0 Å². The monoisotopic (exact) mass is 317 g/mol. The summed E-state index contributed by atoms with van der Waals surface area (Å²) < 4.78 is 10.3. The van der Waals surface area contributed by atoms with Crippen molar-refractivity contribution in [2.45, 2.75) is 26.0 Å². The summed E-state index contributed by atoms with van der Waals surface area (Å²) >= 11 is 0. The van der Waals surface area contributed by atoms with Gasteiger partial charge in [0.2, 0.25) is 0 Å². The second-order valence-corrected chi connectivity index (χ2v) is 5.20. The largest absolute Gasteiger partial charge is 0.464 e. The minimum absolute atomic E-state index is 0.0316.